The van der Waals surface area contributed by atoms with Gasteiger partial charge in [0.05, 0.1) is 0 Å². The van der Waals surface area contributed by atoms with Crippen molar-refractivity contribution in [3.8, 4) is 0 Å². The molecule has 1 saturated heterocycles. The van der Waals surface area contributed by atoms with Crippen molar-refractivity contribution < 1.29 is 14.3 Å². The van der Waals surface area contributed by atoms with E-state index in [0.29, 0.717) is 30.9 Å². The number of piperidine rings is 1. The standard InChI is InChI=1S/C20H30N4O3/c1-13(2)24-17-14(15(12-21)22-24)10-20(11-16(17)25)6-8-23(9-7-20)18(26)27-19(3,4)5/h12-13,21H,6-11H2,1-5H3. The fraction of sp³-hybridized carbons (Fsp3) is 0.700. The van der Waals surface area contributed by atoms with Crippen LogP contribution in [0.25, 0.3) is 0 Å². The molecule has 7 nitrogen and oxygen atoms in total. The zero-order valence-electron chi connectivity index (χ0n) is 17.0. The highest BCUT2D eigenvalue weighted by atomic mass is 16.6. The molecule has 2 heterocycles. The lowest BCUT2D eigenvalue weighted by Crippen LogP contribution is -2.47. The van der Waals surface area contributed by atoms with Crippen molar-refractivity contribution in [2.45, 2.75) is 71.9 Å². The van der Waals surface area contributed by atoms with E-state index in [0.717, 1.165) is 24.8 Å². The Labute approximate surface area is 160 Å². The average molecular weight is 374 g/mol. The molecule has 1 aliphatic carbocycles. The van der Waals surface area contributed by atoms with E-state index in [4.69, 9.17) is 10.1 Å². The third-order valence-electron chi connectivity index (χ3n) is 5.49. The van der Waals surface area contributed by atoms with Crippen molar-refractivity contribution >= 4 is 18.1 Å². The number of hydrogen-bond acceptors (Lipinski definition) is 5. The number of aromatic nitrogens is 2. The van der Waals surface area contributed by atoms with Crippen molar-refractivity contribution in [1.29, 1.82) is 5.41 Å². The number of rotatable bonds is 2. The zero-order chi connectivity index (χ0) is 20.0. The lowest BCUT2D eigenvalue weighted by atomic mass is 9.66. The number of likely N-dealkylation sites (tertiary alicyclic amines) is 1. The van der Waals surface area contributed by atoms with E-state index in [1.165, 1.54) is 6.21 Å². The molecule has 0 radical (unpaired) electrons. The Morgan fingerprint density at radius 2 is 1.89 bits per heavy atom. The molecule has 1 aromatic rings. The quantitative estimate of drug-likeness (QED) is 0.801. The molecule has 3 rings (SSSR count). The predicted octanol–water partition coefficient (Wildman–Crippen LogP) is 3.61. The Hall–Kier alpha value is -2.18. The summed E-state index contributed by atoms with van der Waals surface area (Å²) in [6.45, 7) is 10.8. The molecule has 0 aromatic carbocycles. The van der Waals surface area contributed by atoms with Gasteiger partial charge in [-0.25, -0.2) is 4.79 Å². The highest BCUT2D eigenvalue weighted by Gasteiger charge is 2.44. The smallest absolute Gasteiger partial charge is 0.410 e. The van der Waals surface area contributed by atoms with Gasteiger partial charge < -0.3 is 15.0 Å². The average Bonchev–Trinajstić information content (AvgIpc) is 2.92. The van der Waals surface area contributed by atoms with Crippen molar-refractivity contribution in [1.82, 2.24) is 14.7 Å². The Bertz CT molecular complexity index is 765. The first kappa shape index (κ1) is 19.6. The Morgan fingerprint density at radius 1 is 1.26 bits per heavy atom. The first-order chi connectivity index (χ1) is 12.6. The summed E-state index contributed by atoms with van der Waals surface area (Å²) >= 11 is 0. The first-order valence-corrected chi connectivity index (χ1v) is 9.68. The van der Waals surface area contributed by atoms with Crippen LogP contribution in [0.5, 0.6) is 0 Å². The van der Waals surface area contributed by atoms with E-state index in [9.17, 15) is 9.59 Å². The molecule has 1 fully saturated rings. The van der Waals surface area contributed by atoms with Crippen LogP contribution in [0, 0.1) is 10.8 Å². The number of fused-ring (bicyclic) bond motifs is 1. The fourth-order valence-electron chi connectivity index (χ4n) is 4.15. The van der Waals surface area contributed by atoms with E-state index in [1.807, 2.05) is 34.6 Å². The van der Waals surface area contributed by atoms with Gasteiger partial charge in [0, 0.05) is 37.3 Å². The molecular weight excluding hydrogens is 344 g/mol. The first-order valence-electron chi connectivity index (χ1n) is 9.68. The second-order valence-electron chi connectivity index (χ2n) is 9.14. The minimum Gasteiger partial charge on any atom is -0.444 e. The highest BCUT2D eigenvalue weighted by Crippen LogP contribution is 2.44. The lowest BCUT2D eigenvalue weighted by Gasteiger charge is -2.43. The predicted molar refractivity (Wildman–Crippen MR) is 103 cm³/mol. The molecule has 0 unspecified atom stereocenters. The van der Waals surface area contributed by atoms with Gasteiger partial charge in [0.25, 0.3) is 0 Å². The number of Topliss-reactive ketones (excluding diaryl/α,β-unsaturated/α-hetero) is 1. The van der Waals surface area contributed by atoms with Crippen LogP contribution in [-0.4, -0.2) is 51.5 Å². The van der Waals surface area contributed by atoms with Crippen molar-refractivity contribution in [2.75, 3.05) is 13.1 Å². The Kier molecular flexibility index (Phi) is 4.91. The number of hydrogen-bond donors (Lipinski definition) is 1. The summed E-state index contributed by atoms with van der Waals surface area (Å²) in [4.78, 5) is 27.0. The van der Waals surface area contributed by atoms with E-state index in [1.54, 1.807) is 9.58 Å². The lowest BCUT2D eigenvalue weighted by molar-refractivity contribution is 0.00878. The SMILES string of the molecule is CC(C)n1nc(C=N)c2c1C(=O)CC1(CCN(C(=O)OC(C)(C)C)CC1)C2. The van der Waals surface area contributed by atoms with Crippen molar-refractivity contribution in [3.63, 3.8) is 0 Å². The van der Waals surface area contributed by atoms with E-state index >= 15 is 0 Å². The van der Waals surface area contributed by atoms with Gasteiger partial charge in [0.2, 0.25) is 0 Å². The number of carbonyl (C=O) groups is 2. The van der Waals surface area contributed by atoms with Crippen molar-refractivity contribution in [3.05, 3.63) is 17.0 Å². The molecule has 0 atom stereocenters. The van der Waals surface area contributed by atoms with Gasteiger partial charge in [-0.3, -0.25) is 9.48 Å². The van der Waals surface area contributed by atoms with Crippen LogP contribution < -0.4 is 0 Å². The second-order valence-corrected chi connectivity index (χ2v) is 9.14. The molecule has 2 aliphatic rings. The fourth-order valence-corrected chi connectivity index (χ4v) is 4.15. The molecular formula is C20H30N4O3. The van der Waals surface area contributed by atoms with Crippen LogP contribution in [-0.2, 0) is 11.2 Å². The minimum atomic E-state index is -0.508. The summed E-state index contributed by atoms with van der Waals surface area (Å²) in [5, 5.41) is 12.2. The second kappa shape index (κ2) is 6.77. The molecule has 0 saturated carbocycles. The van der Waals surface area contributed by atoms with Crippen LogP contribution in [0.15, 0.2) is 0 Å². The number of carbonyl (C=O) groups excluding carboxylic acids is 2. The van der Waals surface area contributed by atoms with Gasteiger partial charge in [0.1, 0.15) is 17.0 Å². The maximum atomic E-state index is 13.0. The summed E-state index contributed by atoms with van der Waals surface area (Å²) in [6, 6.07) is 0.0828. The summed E-state index contributed by atoms with van der Waals surface area (Å²) in [5.41, 5.74) is 1.52. The van der Waals surface area contributed by atoms with Crippen molar-refractivity contribution in [2.24, 2.45) is 5.41 Å². The molecule has 1 aromatic heterocycles. The zero-order valence-corrected chi connectivity index (χ0v) is 17.0. The summed E-state index contributed by atoms with van der Waals surface area (Å²) in [5.74, 6) is 0.108. The van der Waals surface area contributed by atoms with Crippen LogP contribution in [0.4, 0.5) is 4.79 Å². The van der Waals surface area contributed by atoms with Gasteiger partial charge >= 0.3 is 6.09 Å². The summed E-state index contributed by atoms with van der Waals surface area (Å²) in [7, 11) is 0. The van der Waals surface area contributed by atoms with Crippen LogP contribution in [0.2, 0.25) is 0 Å². The number of ether oxygens (including phenoxy) is 1. The Balaban J connectivity index is 1.79. The Morgan fingerprint density at radius 3 is 2.41 bits per heavy atom. The largest absolute Gasteiger partial charge is 0.444 e. The van der Waals surface area contributed by atoms with Gasteiger partial charge in [-0.05, 0) is 59.3 Å². The molecule has 1 N–H and O–H groups in total. The van der Waals surface area contributed by atoms with Crippen LogP contribution >= 0.6 is 0 Å². The number of nitrogens with zero attached hydrogens (tertiary/aromatic N) is 3. The monoisotopic (exact) mass is 374 g/mol. The van der Waals surface area contributed by atoms with Gasteiger partial charge in [-0.2, -0.15) is 5.10 Å². The van der Waals surface area contributed by atoms with Gasteiger partial charge in [-0.15, -0.1) is 0 Å². The number of amides is 1. The van der Waals surface area contributed by atoms with Gasteiger partial charge in [0.15, 0.2) is 5.78 Å². The maximum absolute atomic E-state index is 13.0. The molecule has 1 spiro atoms. The molecule has 1 amide bonds. The maximum Gasteiger partial charge on any atom is 0.410 e. The van der Waals surface area contributed by atoms with Crippen LogP contribution in [0.3, 0.4) is 0 Å². The molecule has 27 heavy (non-hydrogen) atoms. The minimum absolute atomic E-state index is 0.0828. The highest BCUT2D eigenvalue weighted by molar-refractivity contribution is 5.99. The van der Waals surface area contributed by atoms with E-state index < -0.39 is 5.60 Å². The van der Waals surface area contributed by atoms with E-state index in [2.05, 4.69) is 5.10 Å². The number of ketones is 1. The third-order valence-corrected chi connectivity index (χ3v) is 5.49. The third kappa shape index (κ3) is 3.77. The van der Waals surface area contributed by atoms with E-state index in [-0.39, 0.29) is 23.3 Å². The molecule has 148 valence electrons. The molecule has 1 aliphatic heterocycles. The summed E-state index contributed by atoms with van der Waals surface area (Å²) in [6.07, 6.45) is 3.72. The van der Waals surface area contributed by atoms with Gasteiger partial charge in [-0.1, -0.05) is 0 Å². The topological polar surface area (TPSA) is 88.3 Å². The van der Waals surface area contributed by atoms with Crippen LogP contribution in [0.1, 0.15) is 81.7 Å². The number of nitrogens with one attached hydrogen (secondary N) is 1. The molecule has 7 heteroatoms. The summed E-state index contributed by atoms with van der Waals surface area (Å²) < 4.78 is 7.24. The normalized spacial score (nSPS) is 19.3. The molecule has 0 bridgehead atoms.